The Balaban J connectivity index is 1.99. The minimum Gasteiger partial charge on any atom is -0.378 e. The number of aromatic nitrogens is 1. The van der Waals surface area contributed by atoms with Crippen LogP contribution in [0.4, 0.5) is 10.1 Å². The van der Waals surface area contributed by atoms with Gasteiger partial charge in [-0.15, -0.1) is 11.3 Å². The average molecular weight is 294 g/mol. The molecule has 0 aliphatic heterocycles. The Labute approximate surface area is 120 Å². The molecule has 2 aromatic rings. The van der Waals surface area contributed by atoms with Gasteiger partial charge < -0.3 is 10.1 Å². The highest BCUT2D eigenvalue weighted by molar-refractivity contribution is 7.11. The summed E-state index contributed by atoms with van der Waals surface area (Å²) < 4.78 is 17.8. The molecule has 0 saturated heterocycles. The first-order chi connectivity index (χ1) is 9.58. The van der Waals surface area contributed by atoms with Gasteiger partial charge in [0.15, 0.2) is 0 Å². The predicted molar refractivity (Wildman–Crippen MR) is 76.3 cm³/mol. The van der Waals surface area contributed by atoms with Gasteiger partial charge in [0.2, 0.25) is 5.91 Å². The van der Waals surface area contributed by atoms with E-state index >= 15 is 0 Å². The molecule has 0 radical (unpaired) electrons. The standard InChI is InChI=1S/C14H15FN2O2S/c1-9-12(20-14(16-9)8-19-2)7-13(18)17-11-5-3-10(15)4-6-11/h3-6H,7-8H2,1-2H3,(H,17,18). The molecule has 1 amide bonds. The normalized spacial score (nSPS) is 10.6. The van der Waals surface area contributed by atoms with E-state index in [0.29, 0.717) is 12.3 Å². The maximum Gasteiger partial charge on any atom is 0.229 e. The quantitative estimate of drug-likeness (QED) is 0.922. The van der Waals surface area contributed by atoms with Crippen molar-refractivity contribution in [2.45, 2.75) is 20.0 Å². The van der Waals surface area contributed by atoms with Crippen molar-refractivity contribution in [3.63, 3.8) is 0 Å². The molecule has 1 aromatic heterocycles. The third-order valence-electron chi connectivity index (χ3n) is 2.65. The van der Waals surface area contributed by atoms with Crippen LogP contribution in [-0.4, -0.2) is 18.0 Å². The predicted octanol–water partition coefficient (Wildman–Crippen LogP) is 2.92. The van der Waals surface area contributed by atoms with Crippen LogP contribution in [-0.2, 0) is 22.6 Å². The van der Waals surface area contributed by atoms with Crippen LogP contribution >= 0.6 is 11.3 Å². The third-order valence-corrected chi connectivity index (χ3v) is 3.78. The summed E-state index contributed by atoms with van der Waals surface area (Å²) in [5, 5.41) is 3.58. The monoisotopic (exact) mass is 294 g/mol. The smallest absolute Gasteiger partial charge is 0.229 e. The van der Waals surface area contributed by atoms with Gasteiger partial charge in [0.05, 0.1) is 18.7 Å². The van der Waals surface area contributed by atoms with Crippen molar-refractivity contribution in [2.75, 3.05) is 12.4 Å². The first-order valence-corrected chi connectivity index (χ1v) is 6.89. The summed E-state index contributed by atoms with van der Waals surface area (Å²) in [5.74, 6) is -0.474. The lowest BCUT2D eigenvalue weighted by atomic mass is 10.2. The topological polar surface area (TPSA) is 51.2 Å². The number of thiazole rings is 1. The molecule has 1 aromatic carbocycles. The minimum absolute atomic E-state index is 0.146. The van der Waals surface area contributed by atoms with Gasteiger partial charge in [0.25, 0.3) is 0 Å². The molecule has 4 nitrogen and oxygen atoms in total. The molecular weight excluding hydrogens is 279 g/mol. The zero-order valence-corrected chi connectivity index (χ0v) is 12.1. The van der Waals surface area contributed by atoms with Crippen molar-refractivity contribution >= 4 is 22.9 Å². The Hall–Kier alpha value is -1.79. The number of carbonyl (C=O) groups is 1. The van der Waals surface area contributed by atoms with Gasteiger partial charge >= 0.3 is 0 Å². The number of amides is 1. The van der Waals surface area contributed by atoms with E-state index in [1.54, 1.807) is 7.11 Å². The van der Waals surface area contributed by atoms with Gasteiger partial charge in [-0.25, -0.2) is 9.37 Å². The number of benzene rings is 1. The Bertz CT molecular complexity index is 596. The zero-order chi connectivity index (χ0) is 14.5. The molecule has 6 heteroatoms. The van der Waals surface area contributed by atoms with E-state index in [4.69, 9.17) is 4.74 Å². The lowest BCUT2D eigenvalue weighted by Gasteiger charge is -2.04. The van der Waals surface area contributed by atoms with Crippen LogP contribution in [0.5, 0.6) is 0 Å². The SMILES string of the molecule is COCc1nc(C)c(CC(=O)Nc2ccc(F)cc2)s1. The molecular formula is C14H15FN2O2S. The second kappa shape index (κ2) is 6.58. The summed E-state index contributed by atoms with van der Waals surface area (Å²) in [5.41, 5.74) is 1.42. The van der Waals surface area contributed by atoms with Crippen molar-refractivity contribution in [1.82, 2.24) is 4.98 Å². The van der Waals surface area contributed by atoms with E-state index in [1.807, 2.05) is 6.92 Å². The second-order valence-electron chi connectivity index (χ2n) is 4.28. The molecule has 0 bridgehead atoms. The van der Waals surface area contributed by atoms with E-state index in [-0.39, 0.29) is 18.1 Å². The summed E-state index contributed by atoms with van der Waals surface area (Å²) in [6, 6.07) is 5.68. The van der Waals surface area contributed by atoms with Gasteiger partial charge in [-0.05, 0) is 31.2 Å². The fourth-order valence-electron chi connectivity index (χ4n) is 1.72. The summed E-state index contributed by atoms with van der Waals surface area (Å²) in [4.78, 5) is 17.2. The van der Waals surface area contributed by atoms with Crippen LogP contribution in [0.15, 0.2) is 24.3 Å². The largest absolute Gasteiger partial charge is 0.378 e. The first-order valence-electron chi connectivity index (χ1n) is 6.08. The molecule has 20 heavy (non-hydrogen) atoms. The van der Waals surface area contributed by atoms with E-state index in [0.717, 1.165) is 15.6 Å². The molecule has 0 aliphatic rings. The molecule has 0 fully saturated rings. The van der Waals surface area contributed by atoms with Gasteiger partial charge in [-0.1, -0.05) is 0 Å². The first kappa shape index (κ1) is 14.6. The maximum absolute atomic E-state index is 12.8. The van der Waals surface area contributed by atoms with Crippen molar-refractivity contribution < 1.29 is 13.9 Å². The molecule has 2 rings (SSSR count). The summed E-state index contributed by atoms with van der Waals surface area (Å²) in [6.07, 6.45) is 0.255. The molecule has 0 aliphatic carbocycles. The van der Waals surface area contributed by atoms with Gasteiger partial charge in [0.1, 0.15) is 10.8 Å². The van der Waals surface area contributed by atoms with E-state index in [2.05, 4.69) is 10.3 Å². The molecule has 0 spiro atoms. The highest BCUT2D eigenvalue weighted by atomic mass is 32.1. The summed E-state index contributed by atoms with van der Waals surface area (Å²) in [7, 11) is 1.61. The number of halogens is 1. The van der Waals surface area contributed by atoms with Crippen molar-refractivity contribution in [3.8, 4) is 0 Å². The number of hydrogen-bond acceptors (Lipinski definition) is 4. The Morgan fingerprint density at radius 3 is 2.75 bits per heavy atom. The van der Waals surface area contributed by atoms with Crippen LogP contribution < -0.4 is 5.32 Å². The van der Waals surface area contributed by atoms with Gasteiger partial charge in [0, 0.05) is 17.7 Å². The number of methoxy groups -OCH3 is 1. The van der Waals surface area contributed by atoms with Crippen LogP contribution in [0.3, 0.4) is 0 Å². The molecule has 106 valence electrons. The van der Waals surface area contributed by atoms with E-state index in [1.165, 1.54) is 35.6 Å². The fourth-order valence-corrected chi connectivity index (χ4v) is 2.76. The van der Waals surface area contributed by atoms with Crippen molar-refractivity contribution in [3.05, 3.63) is 45.7 Å². The number of rotatable bonds is 5. The molecule has 0 unspecified atom stereocenters. The third kappa shape index (κ3) is 3.85. The number of anilines is 1. The Morgan fingerprint density at radius 1 is 1.40 bits per heavy atom. The second-order valence-corrected chi connectivity index (χ2v) is 5.45. The number of aryl methyl sites for hydroxylation is 1. The molecule has 1 heterocycles. The van der Waals surface area contributed by atoms with E-state index < -0.39 is 0 Å². The Morgan fingerprint density at radius 2 is 2.10 bits per heavy atom. The van der Waals surface area contributed by atoms with Crippen LogP contribution in [0.25, 0.3) is 0 Å². The lowest BCUT2D eigenvalue weighted by Crippen LogP contribution is -2.14. The van der Waals surface area contributed by atoms with Crippen molar-refractivity contribution in [2.24, 2.45) is 0 Å². The minimum atomic E-state index is -0.328. The summed E-state index contributed by atoms with van der Waals surface area (Å²) in [6.45, 7) is 2.32. The van der Waals surface area contributed by atoms with Gasteiger partial charge in [-0.2, -0.15) is 0 Å². The average Bonchev–Trinajstić information content (AvgIpc) is 2.73. The van der Waals surface area contributed by atoms with Gasteiger partial charge in [-0.3, -0.25) is 4.79 Å². The Kier molecular flexibility index (Phi) is 4.81. The number of hydrogen-bond donors (Lipinski definition) is 1. The maximum atomic E-state index is 12.8. The van der Waals surface area contributed by atoms with E-state index in [9.17, 15) is 9.18 Å². The summed E-state index contributed by atoms with van der Waals surface area (Å²) >= 11 is 1.47. The molecule has 1 N–H and O–H groups in total. The highest BCUT2D eigenvalue weighted by Gasteiger charge is 2.12. The zero-order valence-electron chi connectivity index (χ0n) is 11.3. The number of nitrogens with zero attached hydrogens (tertiary/aromatic N) is 1. The van der Waals surface area contributed by atoms with Crippen molar-refractivity contribution in [1.29, 1.82) is 0 Å². The lowest BCUT2D eigenvalue weighted by molar-refractivity contribution is -0.115. The van der Waals surface area contributed by atoms with Crippen LogP contribution in [0.1, 0.15) is 15.6 Å². The highest BCUT2D eigenvalue weighted by Crippen LogP contribution is 2.20. The number of carbonyl (C=O) groups excluding carboxylic acids is 1. The molecule has 0 saturated carbocycles. The fraction of sp³-hybridized carbons (Fsp3) is 0.286. The van der Waals surface area contributed by atoms with Crippen LogP contribution in [0.2, 0.25) is 0 Å². The molecule has 0 atom stereocenters. The number of ether oxygens (including phenoxy) is 1. The van der Waals surface area contributed by atoms with Crippen LogP contribution in [0, 0.1) is 12.7 Å². The number of nitrogens with one attached hydrogen (secondary N) is 1.